The summed E-state index contributed by atoms with van der Waals surface area (Å²) in [6.07, 6.45) is 4.51. The number of morpholine rings is 1. The third-order valence-electron chi connectivity index (χ3n) is 3.95. The third kappa shape index (κ3) is 2.91. The lowest BCUT2D eigenvalue weighted by molar-refractivity contribution is -0.0542. The fraction of sp³-hybridized carbons (Fsp3) is 0.714. The smallest absolute Gasteiger partial charge is 0.160 e. The van der Waals surface area contributed by atoms with Gasteiger partial charge >= 0.3 is 0 Å². The number of aryl methyl sites for hydroxylation is 1. The molecule has 0 spiro atoms. The van der Waals surface area contributed by atoms with Crippen molar-refractivity contribution in [2.75, 3.05) is 19.7 Å². The zero-order chi connectivity index (χ0) is 13.2. The van der Waals surface area contributed by atoms with Gasteiger partial charge in [-0.25, -0.2) is 9.97 Å². The van der Waals surface area contributed by atoms with Crippen molar-refractivity contribution >= 4 is 11.6 Å². The Balaban J connectivity index is 1.77. The van der Waals surface area contributed by atoms with Crippen LogP contribution in [0.2, 0.25) is 5.15 Å². The van der Waals surface area contributed by atoms with Crippen molar-refractivity contribution in [3.05, 3.63) is 22.7 Å². The molecule has 3 heterocycles. The number of rotatable bonds is 3. The van der Waals surface area contributed by atoms with Gasteiger partial charge in [0.1, 0.15) is 11.3 Å². The molecule has 2 aliphatic heterocycles. The van der Waals surface area contributed by atoms with Crippen molar-refractivity contribution in [2.45, 2.75) is 44.8 Å². The Kier molecular flexibility index (Phi) is 4.01. The summed E-state index contributed by atoms with van der Waals surface area (Å²) in [5.74, 6) is 0.751. The van der Waals surface area contributed by atoms with E-state index in [0.29, 0.717) is 11.2 Å². The second-order valence-electron chi connectivity index (χ2n) is 5.40. The normalized spacial score (nSPS) is 27.5. The molecule has 1 aromatic heterocycles. The van der Waals surface area contributed by atoms with E-state index in [1.807, 2.05) is 6.07 Å². The maximum atomic E-state index is 6.10. The first kappa shape index (κ1) is 13.3. The highest BCUT2D eigenvalue weighted by molar-refractivity contribution is 6.29. The van der Waals surface area contributed by atoms with Crippen molar-refractivity contribution in [1.82, 2.24) is 14.9 Å². The number of nitrogens with zero attached hydrogens (tertiary/aromatic N) is 3. The van der Waals surface area contributed by atoms with Crippen LogP contribution in [0.25, 0.3) is 0 Å². The second-order valence-corrected chi connectivity index (χ2v) is 5.79. The van der Waals surface area contributed by atoms with Crippen LogP contribution in [-0.4, -0.2) is 40.6 Å². The third-order valence-corrected chi connectivity index (χ3v) is 4.14. The summed E-state index contributed by atoms with van der Waals surface area (Å²) in [7, 11) is 0. The molecular formula is C14H20ClN3O. The van der Waals surface area contributed by atoms with Crippen molar-refractivity contribution in [1.29, 1.82) is 0 Å². The highest BCUT2D eigenvalue weighted by Gasteiger charge is 2.34. The van der Waals surface area contributed by atoms with Crippen molar-refractivity contribution < 1.29 is 4.74 Å². The Morgan fingerprint density at radius 1 is 1.47 bits per heavy atom. The van der Waals surface area contributed by atoms with E-state index in [1.165, 1.54) is 19.4 Å². The Labute approximate surface area is 119 Å². The summed E-state index contributed by atoms with van der Waals surface area (Å²) >= 11 is 6.10. The quantitative estimate of drug-likeness (QED) is 0.799. The lowest BCUT2D eigenvalue weighted by atomic mass is 10.1. The number of hydrogen-bond donors (Lipinski definition) is 0. The average molecular weight is 282 g/mol. The van der Waals surface area contributed by atoms with Crippen molar-refractivity contribution in [3.8, 4) is 0 Å². The van der Waals surface area contributed by atoms with Crippen LogP contribution in [0.1, 0.15) is 43.8 Å². The molecule has 2 saturated heterocycles. The van der Waals surface area contributed by atoms with E-state index >= 15 is 0 Å². The van der Waals surface area contributed by atoms with E-state index in [0.717, 1.165) is 37.5 Å². The summed E-state index contributed by atoms with van der Waals surface area (Å²) in [5.41, 5.74) is 1.02. The molecule has 0 amide bonds. The van der Waals surface area contributed by atoms with E-state index in [1.54, 1.807) is 0 Å². The average Bonchev–Trinajstić information content (AvgIpc) is 2.85. The van der Waals surface area contributed by atoms with E-state index < -0.39 is 0 Å². The van der Waals surface area contributed by atoms with Gasteiger partial charge in [0.15, 0.2) is 5.82 Å². The highest BCUT2D eigenvalue weighted by atomic mass is 35.5. The number of aromatic nitrogens is 2. The molecule has 0 aliphatic carbocycles. The molecule has 4 nitrogen and oxygen atoms in total. The summed E-state index contributed by atoms with van der Waals surface area (Å²) in [4.78, 5) is 11.5. The Bertz CT molecular complexity index is 454. The SMILES string of the molecule is CCCc1cc(Cl)nc(C2CN3CCCC3CO2)n1. The molecular weight excluding hydrogens is 262 g/mol. The molecule has 2 atom stereocenters. The summed E-state index contributed by atoms with van der Waals surface area (Å²) < 4.78 is 5.94. The van der Waals surface area contributed by atoms with Gasteiger partial charge in [0, 0.05) is 18.3 Å². The molecule has 19 heavy (non-hydrogen) atoms. The zero-order valence-corrected chi connectivity index (χ0v) is 12.1. The molecule has 0 bridgehead atoms. The largest absolute Gasteiger partial charge is 0.367 e. The van der Waals surface area contributed by atoms with Gasteiger partial charge in [-0.15, -0.1) is 0 Å². The van der Waals surface area contributed by atoms with Crippen LogP contribution in [0.15, 0.2) is 6.07 Å². The fourth-order valence-corrected chi connectivity index (χ4v) is 3.20. The molecule has 0 aromatic carbocycles. The molecule has 2 fully saturated rings. The molecule has 104 valence electrons. The lowest BCUT2D eigenvalue weighted by Gasteiger charge is -2.34. The fourth-order valence-electron chi connectivity index (χ4n) is 2.99. The van der Waals surface area contributed by atoms with E-state index in [-0.39, 0.29) is 6.10 Å². The van der Waals surface area contributed by atoms with Gasteiger partial charge in [-0.2, -0.15) is 0 Å². The van der Waals surface area contributed by atoms with Gasteiger partial charge in [0.05, 0.1) is 6.61 Å². The molecule has 5 heteroatoms. The summed E-state index contributed by atoms with van der Waals surface area (Å²) in [6.45, 7) is 5.01. The van der Waals surface area contributed by atoms with Crippen LogP contribution in [0, 0.1) is 0 Å². The van der Waals surface area contributed by atoms with Gasteiger partial charge in [-0.05, 0) is 31.9 Å². The minimum atomic E-state index is -0.0244. The number of hydrogen-bond acceptors (Lipinski definition) is 4. The first-order valence-electron chi connectivity index (χ1n) is 7.15. The van der Waals surface area contributed by atoms with Crippen LogP contribution in [0.3, 0.4) is 0 Å². The summed E-state index contributed by atoms with van der Waals surface area (Å²) in [6, 6.07) is 2.46. The van der Waals surface area contributed by atoms with E-state index in [4.69, 9.17) is 16.3 Å². The molecule has 2 aliphatic rings. The predicted molar refractivity (Wildman–Crippen MR) is 74.3 cm³/mol. The minimum Gasteiger partial charge on any atom is -0.367 e. The van der Waals surface area contributed by atoms with Crippen LogP contribution >= 0.6 is 11.6 Å². The Morgan fingerprint density at radius 3 is 3.21 bits per heavy atom. The summed E-state index contributed by atoms with van der Waals surface area (Å²) in [5, 5.41) is 0.528. The van der Waals surface area contributed by atoms with Crippen LogP contribution < -0.4 is 0 Å². The molecule has 0 N–H and O–H groups in total. The number of ether oxygens (including phenoxy) is 1. The van der Waals surface area contributed by atoms with Gasteiger partial charge in [-0.1, -0.05) is 24.9 Å². The molecule has 2 unspecified atom stereocenters. The van der Waals surface area contributed by atoms with E-state index in [9.17, 15) is 0 Å². The maximum Gasteiger partial charge on any atom is 0.160 e. The maximum absolute atomic E-state index is 6.10. The highest BCUT2D eigenvalue weighted by Crippen LogP contribution is 2.29. The van der Waals surface area contributed by atoms with Gasteiger partial charge in [0.2, 0.25) is 0 Å². The topological polar surface area (TPSA) is 38.2 Å². The molecule has 0 radical (unpaired) electrons. The monoisotopic (exact) mass is 281 g/mol. The molecule has 1 aromatic rings. The number of fused-ring (bicyclic) bond motifs is 1. The minimum absolute atomic E-state index is 0.0244. The van der Waals surface area contributed by atoms with E-state index in [2.05, 4.69) is 21.8 Å². The molecule has 0 saturated carbocycles. The Morgan fingerprint density at radius 2 is 2.37 bits per heavy atom. The van der Waals surface area contributed by atoms with Gasteiger partial charge < -0.3 is 4.74 Å². The zero-order valence-electron chi connectivity index (χ0n) is 11.3. The standard InChI is InChI=1S/C14H20ClN3O/c1-2-4-10-7-13(15)17-14(16-10)12-8-18-6-3-5-11(18)9-19-12/h7,11-12H,2-6,8-9H2,1H3. The predicted octanol–water partition coefficient (Wildman–Crippen LogP) is 2.62. The van der Waals surface area contributed by atoms with Gasteiger partial charge in [0.25, 0.3) is 0 Å². The number of halogens is 1. The molecule has 3 rings (SSSR count). The van der Waals surface area contributed by atoms with Gasteiger partial charge in [-0.3, -0.25) is 4.90 Å². The van der Waals surface area contributed by atoms with Crippen LogP contribution in [0.5, 0.6) is 0 Å². The second kappa shape index (κ2) is 5.73. The van der Waals surface area contributed by atoms with Crippen LogP contribution in [0.4, 0.5) is 0 Å². The Hall–Kier alpha value is -0.710. The first-order chi connectivity index (χ1) is 9.26. The van der Waals surface area contributed by atoms with Crippen molar-refractivity contribution in [3.63, 3.8) is 0 Å². The van der Waals surface area contributed by atoms with Crippen LogP contribution in [-0.2, 0) is 11.2 Å². The van der Waals surface area contributed by atoms with Crippen molar-refractivity contribution in [2.24, 2.45) is 0 Å². The first-order valence-corrected chi connectivity index (χ1v) is 7.53. The lowest BCUT2D eigenvalue weighted by Crippen LogP contribution is -2.42.